The van der Waals surface area contributed by atoms with Crippen LogP contribution in [0.2, 0.25) is 0 Å². The summed E-state index contributed by atoms with van der Waals surface area (Å²) in [6.07, 6.45) is 0. The molecule has 0 radical (unpaired) electrons. The number of hydrogen-bond acceptors (Lipinski definition) is 6. The summed E-state index contributed by atoms with van der Waals surface area (Å²) in [5.41, 5.74) is 1.07. The number of aryl methyl sites for hydroxylation is 1. The monoisotopic (exact) mass is 360 g/mol. The summed E-state index contributed by atoms with van der Waals surface area (Å²) in [5, 5.41) is 9.08. The summed E-state index contributed by atoms with van der Waals surface area (Å²) < 4.78 is 12.5. The van der Waals surface area contributed by atoms with Crippen molar-refractivity contribution in [1.82, 2.24) is 10.2 Å². The first kappa shape index (κ1) is 14.6. The van der Waals surface area contributed by atoms with Crippen molar-refractivity contribution in [2.45, 2.75) is 17.0 Å². The van der Waals surface area contributed by atoms with Crippen molar-refractivity contribution in [2.75, 3.05) is 14.2 Å². The highest BCUT2D eigenvalue weighted by Crippen LogP contribution is 2.36. The van der Waals surface area contributed by atoms with Crippen molar-refractivity contribution in [3.63, 3.8) is 0 Å². The Morgan fingerprint density at radius 1 is 1.21 bits per heavy atom. The first-order valence-electron chi connectivity index (χ1n) is 5.47. The van der Waals surface area contributed by atoms with Gasteiger partial charge in [0, 0.05) is 11.3 Å². The van der Waals surface area contributed by atoms with Crippen LogP contribution in [0.1, 0.15) is 10.6 Å². The number of thioether (sulfide) groups is 1. The third-order valence-corrected chi connectivity index (χ3v) is 5.05. The van der Waals surface area contributed by atoms with Crippen LogP contribution in [0.15, 0.2) is 20.9 Å². The molecule has 1 heterocycles. The zero-order chi connectivity index (χ0) is 13.8. The molecule has 0 saturated carbocycles. The molecule has 0 aliphatic heterocycles. The molecule has 4 nitrogen and oxygen atoms in total. The highest BCUT2D eigenvalue weighted by molar-refractivity contribution is 9.10. The highest BCUT2D eigenvalue weighted by atomic mass is 79.9. The normalized spacial score (nSPS) is 10.5. The molecule has 19 heavy (non-hydrogen) atoms. The van der Waals surface area contributed by atoms with Gasteiger partial charge in [0.25, 0.3) is 0 Å². The molecule has 102 valence electrons. The summed E-state index contributed by atoms with van der Waals surface area (Å²) in [6, 6.07) is 3.89. The lowest BCUT2D eigenvalue weighted by molar-refractivity contribution is 0.398. The summed E-state index contributed by atoms with van der Waals surface area (Å²) in [7, 11) is 3.31. The minimum Gasteiger partial charge on any atom is -0.496 e. The molecule has 0 aliphatic carbocycles. The van der Waals surface area contributed by atoms with Gasteiger partial charge in [-0.15, -0.1) is 10.2 Å². The Morgan fingerprint density at radius 2 is 1.95 bits per heavy atom. The van der Waals surface area contributed by atoms with Gasteiger partial charge in [-0.25, -0.2) is 0 Å². The molecule has 0 N–H and O–H groups in total. The number of methoxy groups -OCH3 is 2. The Bertz CT molecular complexity index is 575. The van der Waals surface area contributed by atoms with E-state index in [-0.39, 0.29) is 0 Å². The quantitative estimate of drug-likeness (QED) is 0.756. The standard InChI is InChI=1S/C12H13BrN2O2S2/c1-7-14-15-12(19-7)18-6-8-4-11(17-3)9(13)5-10(8)16-2/h4-5H,6H2,1-3H3. The Balaban J connectivity index is 2.18. The highest BCUT2D eigenvalue weighted by Gasteiger charge is 2.11. The molecule has 0 atom stereocenters. The van der Waals surface area contributed by atoms with E-state index in [2.05, 4.69) is 26.1 Å². The van der Waals surface area contributed by atoms with Crippen molar-refractivity contribution in [3.05, 3.63) is 27.2 Å². The van der Waals surface area contributed by atoms with E-state index in [9.17, 15) is 0 Å². The van der Waals surface area contributed by atoms with E-state index in [1.165, 1.54) is 0 Å². The molecular formula is C12H13BrN2O2S2. The van der Waals surface area contributed by atoms with Crippen LogP contribution < -0.4 is 9.47 Å². The lowest BCUT2D eigenvalue weighted by Gasteiger charge is -2.11. The van der Waals surface area contributed by atoms with Crippen molar-refractivity contribution in [1.29, 1.82) is 0 Å². The van der Waals surface area contributed by atoms with Crippen LogP contribution in [0.3, 0.4) is 0 Å². The average Bonchev–Trinajstić information content (AvgIpc) is 2.82. The smallest absolute Gasteiger partial charge is 0.174 e. The summed E-state index contributed by atoms with van der Waals surface area (Å²) in [6.45, 7) is 1.95. The number of hydrogen-bond donors (Lipinski definition) is 0. The second-order valence-corrected chi connectivity index (χ2v) is 6.93. The fourth-order valence-corrected chi connectivity index (χ4v) is 3.79. The van der Waals surface area contributed by atoms with E-state index in [1.54, 1.807) is 37.3 Å². The number of rotatable bonds is 5. The van der Waals surface area contributed by atoms with Crippen LogP contribution in [0.25, 0.3) is 0 Å². The van der Waals surface area contributed by atoms with Crippen LogP contribution in [0, 0.1) is 6.92 Å². The van der Waals surface area contributed by atoms with Gasteiger partial charge in [0.2, 0.25) is 0 Å². The van der Waals surface area contributed by atoms with Crippen molar-refractivity contribution >= 4 is 39.0 Å². The van der Waals surface area contributed by atoms with Gasteiger partial charge in [-0.3, -0.25) is 0 Å². The molecule has 0 bridgehead atoms. The minimum absolute atomic E-state index is 0.765. The van der Waals surface area contributed by atoms with E-state index in [4.69, 9.17) is 9.47 Å². The predicted octanol–water partition coefficient (Wildman–Crippen LogP) is 3.92. The molecule has 0 unspecified atom stereocenters. The second kappa shape index (κ2) is 6.58. The van der Waals surface area contributed by atoms with Crippen molar-refractivity contribution in [3.8, 4) is 11.5 Å². The third kappa shape index (κ3) is 3.61. The summed E-state index contributed by atoms with van der Waals surface area (Å²) in [5.74, 6) is 2.40. The molecule has 1 aromatic heterocycles. The zero-order valence-electron chi connectivity index (χ0n) is 10.8. The van der Waals surface area contributed by atoms with E-state index < -0.39 is 0 Å². The van der Waals surface area contributed by atoms with Crippen LogP contribution in [-0.4, -0.2) is 24.4 Å². The molecule has 0 amide bonds. The van der Waals surface area contributed by atoms with E-state index >= 15 is 0 Å². The topological polar surface area (TPSA) is 44.2 Å². The van der Waals surface area contributed by atoms with E-state index in [0.717, 1.165) is 36.6 Å². The maximum atomic E-state index is 5.39. The average molecular weight is 361 g/mol. The lowest BCUT2D eigenvalue weighted by atomic mass is 10.2. The predicted molar refractivity (Wildman–Crippen MR) is 81.5 cm³/mol. The molecule has 0 saturated heterocycles. The molecule has 7 heteroatoms. The summed E-state index contributed by atoms with van der Waals surface area (Å²) in [4.78, 5) is 0. The van der Waals surface area contributed by atoms with Gasteiger partial charge in [-0.05, 0) is 35.0 Å². The second-order valence-electron chi connectivity index (χ2n) is 3.67. The van der Waals surface area contributed by atoms with E-state index in [1.807, 2.05) is 19.1 Å². The van der Waals surface area contributed by atoms with Gasteiger partial charge in [-0.1, -0.05) is 23.1 Å². The molecule has 2 rings (SSSR count). The van der Waals surface area contributed by atoms with Gasteiger partial charge in [-0.2, -0.15) is 0 Å². The largest absolute Gasteiger partial charge is 0.496 e. The zero-order valence-corrected chi connectivity index (χ0v) is 14.0. The van der Waals surface area contributed by atoms with Crippen LogP contribution in [0.5, 0.6) is 11.5 Å². The Morgan fingerprint density at radius 3 is 2.53 bits per heavy atom. The Hall–Kier alpha value is -0.790. The maximum Gasteiger partial charge on any atom is 0.174 e. The van der Waals surface area contributed by atoms with Gasteiger partial charge < -0.3 is 9.47 Å². The molecular weight excluding hydrogens is 348 g/mol. The number of halogens is 1. The first-order valence-corrected chi connectivity index (χ1v) is 8.07. The van der Waals surface area contributed by atoms with Crippen LogP contribution >= 0.6 is 39.0 Å². The van der Waals surface area contributed by atoms with Gasteiger partial charge >= 0.3 is 0 Å². The fraction of sp³-hybridized carbons (Fsp3) is 0.333. The SMILES string of the molecule is COc1cc(CSc2nnc(C)s2)c(OC)cc1Br. The molecule has 0 spiro atoms. The molecule has 0 fully saturated rings. The molecule has 2 aromatic rings. The Kier molecular flexibility index (Phi) is 5.06. The van der Waals surface area contributed by atoms with Crippen LogP contribution in [0.4, 0.5) is 0 Å². The molecule has 0 aliphatic rings. The molecule has 1 aromatic carbocycles. The van der Waals surface area contributed by atoms with Crippen molar-refractivity contribution < 1.29 is 9.47 Å². The minimum atomic E-state index is 0.765. The first-order chi connectivity index (χ1) is 9.13. The lowest BCUT2D eigenvalue weighted by Crippen LogP contribution is -1.93. The number of ether oxygens (including phenoxy) is 2. The number of benzene rings is 1. The van der Waals surface area contributed by atoms with Gasteiger partial charge in [0.1, 0.15) is 16.5 Å². The number of nitrogens with zero attached hydrogens (tertiary/aromatic N) is 2. The number of aromatic nitrogens is 2. The van der Waals surface area contributed by atoms with Crippen molar-refractivity contribution in [2.24, 2.45) is 0 Å². The summed E-state index contributed by atoms with van der Waals surface area (Å²) >= 11 is 6.69. The maximum absolute atomic E-state index is 5.39. The Labute approximate surface area is 128 Å². The van der Waals surface area contributed by atoms with Gasteiger partial charge in [0.05, 0.1) is 18.7 Å². The van der Waals surface area contributed by atoms with E-state index in [0.29, 0.717) is 0 Å². The fourth-order valence-electron chi connectivity index (χ4n) is 1.51. The third-order valence-electron chi connectivity index (χ3n) is 2.41. The van der Waals surface area contributed by atoms with Crippen LogP contribution in [-0.2, 0) is 5.75 Å². The van der Waals surface area contributed by atoms with Gasteiger partial charge in [0.15, 0.2) is 4.34 Å².